The highest BCUT2D eigenvalue weighted by atomic mass is 35.5. The average Bonchev–Trinajstić information content (AvgIpc) is 3.72. The first-order chi connectivity index (χ1) is 30.6. The summed E-state index contributed by atoms with van der Waals surface area (Å²) in [6, 6.07) is 47.4. The molecule has 1 aliphatic heterocycles. The van der Waals surface area contributed by atoms with Gasteiger partial charge >= 0.3 is 21.2 Å². The van der Waals surface area contributed by atoms with Crippen molar-refractivity contribution in [2.75, 3.05) is 6.26 Å². The number of halogens is 1. The van der Waals surface area contributed by atoms with Crippen LogP contribution in [0, 0.1) is 11.8 Å². The largest absolute Gasteiger partial charge is 0.425 e. The van der Waals surface area contributed by atoms with E-state index in [0.29, 0.717) is 18.1 Å². The summed E-state index contributed by atoms with van der Waals surface area (Å²) in [7, 11) is -9.89. The molecule has 1 saturated carbocycles. The third-order valence-corrected chi connectivity index (χ3v) is 12.3. The number of fused-ring (bicyclic) bond motifs is 2. The van der Waals surface area contributed by atoms with Crippen molar-refractivity contribution in [3.63, 3.8) is 0 Å². The Morgan fingerprint density at radius 3 is 1.38 bits per heavy atom. The Kier molecular flexibility index (Phi) is 24.7. The number of hydrogen-bond donors (Lipinski definition) is 1. The molecule has 2 bridgehead atoms. The van der Waals surface area contributed by atoms with Gasteiger partial charge in [-0.1, -0.05) is 173 Å². The highest BCUT2D eigenvalue weighted by Gasteiger charge is 2.36. The van der Waals surface area contributed by atoms with Crippen molar-refractivity contribution >= 4 is 81.9 Å². The molecule has 4 aromatic carbocycles. The molecule has 9 nitrogen and oxygen atoms in total. The highest BCUT2D eigenvalue weighted by Crippen LogP contribution is 2.50. The summed E-state index contributed by atoms with van der Waals surface area (Å²) in [6.07, 6.45) is 18.0. The maximum atomic E-state index is 9.19. The van der Waals surface area contributed by atoms with Crippen molar-refractivity contribution in [1.29, 1.82) is 0 Å². The molecule has 2 aliphatic carbocycles. The predicted octanol–water partition coefficient (Wildman–Crippen LogP) is 13.8. The molecule has 8 rings (SSSR count). The Morgan fingerprint density at radius 2 is 0.985 bits per heavy atom. The fraction of sp³-hybridized carbons (Fsp3) is 0.196. The van der Waals surface area contributed by atoms with Crippen LogP contribution in [0.3, 0.4) is 0 Å². The van der Waals surface area contributed by atoms with Gasteiger partial charge in [-0.2, -0.15) is 8.42 Å². The van der Waals surface area contributed by atoms with E-state index in [2.05, 4.69) is 170 Å². The molecule has 0 saturated heterocycles. The van der Waals surface area contributed by atoms with Crippen molar-refractivity contribution in [2.45, 2.75) is 48.0 Å². The van der Waals surface area contributed by atoms with E-state index in [-0.39, 0.29) is 14.9 Å². The van der Waals surface area contributed by atoms with Crippen LogP contribution in [0.25, 0.3) is 36.8 Å². The molecule has 1 aromatic heterocycles. The molecule has 348 valence electrons. The molecular formula is C51H54ClO9S5+. The summed E-state index contributed by atoms with van der Waals surface area (Å²) < 4.78 is 76.5. The van der Waals surface area contributed by atoms with E-state index in [1.165, 1.54) is 83.4 Å². The Labute approximate surface area is 406 Å². The monoisotopic (exact) mass is 1010 g/mol. The second kappa shape index (κ2) is 28.7. The minimum atomic E-state index is -3.67. The van der Waals surface area contributed by atoms with Crippen molar-refractivity contribution in [3.8, 4) is 20.9 Å². The standard InChI is InChI=1S/C46H36ClS2.C2H6.CH4O3S.2CH4.2O3S/c47-46-40(25-21-32-27-42(34-13-5-1-6-14-34)48-43(28-32)35-15-7-2-8-16-35)38-23-24-39(31-38)41(46)26-22-33-29-44(36-17-9-3-10-18-36)49-45(30-33)37-19-11-4-12-20-37;1-2;1-5(2,3)4;;;2*1-4(2)3/h1-22,25-30,38-39H,23-24,31H2;1-2H3;1H3,(H,2,3,4);2*1H4;;/q+1;;;;;;. The van der Waals surface area contributed by atoms with Crippen LogP contribution in [-0.4, -0.2) is 44.5 Å². The third kappa shape index (κ3) is 18.9. The minimum Gasteiger partial charge on any atom is -0.286 e. The van der Waals surface area contributed by atoms with E-state index in [4.69, 9.17) is 41.4 Å². The molecule has 3 aliphatic rings. The van der Waals surface area contributed by atoms with Gasteiger partial charge in [0.05, 0.1) is 6.26 Å². The fourth-order valence-corrected chi connectivity index (χ4v) is 9.78. The summed E-state index contributed by atoms with van der Waals surface area (Å²) in [5, 5.41) is 0.932. The lowest BCUT2D eigenvalue weighted by molar-refractivity contribution is 0.490. The van der Waals surface area contributed by atoms with Crippen molar-refractivity contribution in [2.24, 2.45) is 11.8 Å². The zero-order valence-corrected chi connectivity index (χ0v) is 39.9. The first-order valence-electron chi connectivity index (χ1n) is 19.9. The Morgan fingerprint density at radius 1 is 0.621 bits per heavy atom. The Hall–Kier alpha value is -5.32. The van der Waals surface area contributed by atoms with Crippen LogP contribution in [0.4, 0.5) is 0 Å². The third-order valence-electron chi connectivity index (χ3n) is 9.59. The van der Waals surface area contributed by atoms with Gasteiger partial charge in [0, 0.05) is 38.1 Å². The van der Waals surface area contributed by atoms with Gasteiger partial charge in [-0.05, 0) is 101 Å². The number of hydrogen-bond acceptors (Lipinski definition) is 9. The second-order valence-electron chi connectivity index (χ2n) is 13.9. The van der Waals surface area contributed by atoms with Gasteiger partial charge in [0.15, 0.2) is 0 Å². The molecule has 2 atom stereocenters. The van der Waals surface area contributed by atoms with Crippen molar-refractivity contribution in [3.05, 3.63) is 202 Å². The van der Waals surface area contributed by atoms with Gasteiger partial charge in [0.25, 0.3) is 10.1 Å². The maximum absolute atomic E-state index is 9.19. The summed E-state index contributed by atoms with van der Waals surface area (Å²) in [6.45, 7) is 4.00. The van der Waals surface area contributed by atoms with Crippen LogP contribution in [0.1, 0.15) is 64.7 Å². The van der Waals surface area contributed by atoms with Crippen LogP contribution in [0.5, 0.6) is 0 Å². The molecule has 15 heteroatoms. The normalized spacial score (nSPS) is 16.3. The van der Waals surface area contributed by atoms with E-state index < -0.39 is 31.3 Å². The van der Waals surface area contributed by atoms with Crippen LogP contribution in [-0.2, 0) is 31.3 Å². The van der Waals surface area contributed by atoms with Crippen LogP contribution in [0.2, 0.25) is 0 Å². The lowest BCUT2D eigenvalue weighted by Gasteiger charge is -2.24. The first kappa shape index (κ1) is 56.8. The van der Waals surface area contributed by atoms with Gasteiger partial charge < -0.3 is 0 Å². The number of rotatable bonds is 7. The van der Waals surface area contributed by atoms with Crippen LogP contribution >= 0.6 is 34.7 Å². The van der Waals surface area contributed by atoms with Gasteiger partial charge in [-0.3, -0.25) is 4.55 Å². The Balaban J connectivity index is 0.000000775. The van der Waals surface area contributed by atoms with E-state index in [1.807, 2.05) is 36.9 Å². The zero-order valence-electron chi connectivity index (χ0n) is 35.1. The molecule has 1 N–H and O–H groups in total. The Bertz CT molecular complexity index is 2730. The molecule has 0 amide bonds. The quantitative estimate of drug-likeness (QED) is 0.123. The summed E-state index contributed by atoms with van der Waals surface area (Å²) in [5.74, 6) is 1.01. The van der Waals surface area contributed by atoms with Gasteiger partial charge in [-0.15, -0.1) is 25.3 Å². The summed E-state index contributed by atoms with van der Waals surface area (Å²) in [5.41, 5.74) is 9.88. The molecule has 5 aromatic rings. The summed E-state index contributed by atoms with van der Waals surface area (Å²) >= 11 is 11.0. The smallest absolute Gasteiger partial charge is 0.286 e. The molecular weight excluding hydrogens is 952 g/mol. The topological polar surface area (TPSA) is 157 Å². The molecule has 2 unspecified atom stereocenters. The predicted molar refractivity (Wildman–Crippen MR) is 277 cm³/mol. The van der Waals surface area contributed by atoms with Crippen molar-refractivity contribution in [1.82, 2.24) is 0 Å². The van der Waals surface area contributed by atoms with Gasteiger partial charge in [0.2, 0.25) is 21.1 Å². The number of thioether (sulfide) groups is 1. The SMILES string of the molecule is C.C.CC.CS(=O)(=O)O.ClC1=C(/C=C/c2cc(-c3ccccc3)[s+]c(-c3ccccc3)c2)C2CCC(C2)/C1=C\C=C1C=C(c2ccccc2)SC(c2ccccc2)=C1.O=S(=O)=O.O=S(=O)=O. The van der Waals surface area contributed by atoms with E-state index in [1.54, 1.807) is 0 Å². The van der Waals surface area contributed by atoms with Gasteiger partial charge in [-0.25, -0.2) is 0 Å². The highest BCUT2D eigenvalue weighted by molar-refractivity contribution is 8.16. The molecule has 0 radical (unpaired) electrons. The van der Waals surface area contributed by atoms with E-state index in [0.717, 1.165) is 5.03 Å². The molecule has 2 heterocycles. The summed E-state index contributed by atoms with van der Waals surface area (Å²) in [4.78, 5) is 5.04. The van der Waals surface area contributed by atoms with E-state index >= 15 is 0 Å². The molecule has 0 spiro atoms. The first-order valence-corrected chi connectivity index (χ1v) is 25.8. The van der Waals surface area contributed by atoms with Crippen LogP contribution < -0.4 is 0 Å². The van der Waals surface area contributed by atoms with E-state index in [9.17, 15) is 8.42 Å². The van der Waals surface area contributed by atoms with Gasteiger partial charge in [0.1, 0.15) is 0 Å². The number of allylic oxidation sites excluding steroid dienone is 9. The minimum absolute atomic E-state index is 0. The van der Waals surface area contributed by atoms with Crippen LogP contribution in [0.15, 0.2) is 186 Å². The zero-order chi connectivity index (χ0) is 46.6. The maximum Gasteiger partial charge on any atom is 0.425 e. The second-order valence-corrected chi connectivity index (χ2v) is 18.8. The fourth-order valence-electron chi connectivity index (χ4n) is 7.08. The average molecular weight is 1010 g/mol. The lowest BCUT2D eigenvalue weighted by atomic mass is 9.84. The lowest BCUT2D eigenvalue weighted by Crippen LogP contribution is -2.11. The van der Waals surface area contributed by atoms with Crippen molar-refractivity contribution < 1.29 is 38.2 Å². The molecule has 66 heavy (non-hydrogen) atoms. The number of benzene rings is 4. The molecule has 1 fully saturated rings.